The highest BCUT2D eigenvalue weighted by Crippen LogP contribution is 2.25. The molecule has 31 heavy (non-hydrogen) atoms. The van der Waals surface area contributed by atoms with Crippen LogP contribution in [0.3, 0.4) is 0 Å². The van der Waals surface area contributed by atoms with Crippen LogP contribution in [0.15, 0.2) is 71.6 Å². The van der Waals surface area contributed by atoms with Gasteiger partial charge in [-0.1, -0.05) is 35.9 Å². The molecule has 0 saturated carbocycles. The molecule has 160 valence electrons. The van der Waals surface area contributed by atoms with Crippen LogP contribution in [0.25, 0.3) is 0 Å². The molecule has 0 spiro atoms. The number of carbonyl (C=O) groups is 1. The van der Waals surface area contributed by atoms with Crippen molar-refractivity contribution in [1.82, 2.24) is 4.90 Å². The third kappa shape index (κ3) is 5.07. The second kappa shape index (κ2) is 8.70. The van der Waals surface area contributed by atoms with E-state index in [-0.39, 0.29) is 10.5 Å². The number of hydrogen-bond donors (Lipinski definition) is 2. The molecule has 8 heteroatoms. The molecule has 0 aliphatic carbocycles. The van der Waals surface area contributed by atoms with Crippen molar-refractivity contribution in [3.8, 4) is 0 Å². The summed E-state index contributed by atoms with van der Waals surface area (Å²) in [6, 6.07) is 18.6. The topological polar surface area (TPSA) is 86.7 Å². The Bertz CT molecular complexity index is 1230. The number of nitrogens with one attached hydrogen (secondary N) is 1. The number of hydrogen-bond acceptors (Lipinski definition) is 4. The van der Waals surface area contributed by atoms with Gasteiger partial charge in [0, 0.05) is 24.7 Å². The van der Waals surface area contributed by atoms with E-state index in [9.17, 15) is 13.2 Å². The minimum atomic E-state index is -3.74. The van der Waals surface area contributed by atoms with E-state index in [1.165, 1.54) is 0 Å². The van der Waals surface area contributed by atoms with Crippen molar-refractivity contribution < 1.29 is 18.3 Å². The summed E-state index contributed by atoms with van der Waals surface area (Å²) >= 11 is 5.95. The number of halogens is 1. The first kappa shape index (κ1) is 21.4. The number of rotatable bonds is 6. The fourth-order valence-corrected chi connectivity index (χ4v) is 4.96. The zero-order chi connectivity index (χ0) is 22.0. The van der Waals surface area contributed by atoms with Crippen LogP contribution in [0.4, 0.5) is 5.69 Å². The highest BCUT2D eigenvalue weighted by atomic mass is 35.5. The molecule has 0 bridgehead atoms. The molecule has 6 nitrogen and oxygen atoms in total. The average Bonchev–Trinajstić information content (AvgIpc) is 2.73. The van der Waals surface area contributed by atoms with Gasteiger partial charge < -0.3 is 5.11 Å². The standard InChI is InChI=1S/C23H21ClN2O4S/c24-20-2-1-3-21(13-20)25-31(29,30)22-9-8-17-10-11-26(15-19(17)12-22)14-16-4-6-18(7-5-16)23(27)28/h1-9,12-13,25H,10-11,14-15H2,(H,27,28). The minimum Gasteiger partial charge on any atom is -0.478 e. The molecule has 0 aromatic heterocycles. The maximum atomic E-state index is 12.8. The van der Waals surface area contributed by atoms with Gasteiger partial charge in [0.1, 0.15) is 0 Å². The van der Waals surface area contributed by atoms with Crippen molar-refractivity contribution in [2.45, 2.75) is 24.4 Å². The van der Waals surface area contributed by atoms with E-state index in [1.807, 2.05) is 18.2 Å². The Morgan fingerprint density at radius 1 is 1.03 bits per heavy atom. The summed E-state index contributed by atoms with van der Waals surface area (Å²) in [5.74, 6) is -0.946. The number of benzene rings is 3. The maximum absolute atomic E-state index is 12.8. The normalized spacial score (nSPS) is 14.1. The van der Waals surface area contributed by atoms with Gasteiger partial charge in [0.2, 0.25) is 0 Å². The van der Waals surface area contributed by atoms with E-state index in [4.69, 9.17) is 16.7 Å². The Kier molecular flexibility index (Phi) is 6.00. The van der Waals surface area contributed by atoms with Gasteiger partial charge in [0.15, 0.2) is 0 Å². The van der Waals surface area contributed by atoms with Crippen molar-refractivity contribution in [3.05, 3.63) is 94.0 Å². The first-order valence-corrected chi connectivity index (χ1v) is 11.6. The van der Waals surface area contributed by atoms with Crippen LogP contribution in [-0.2, 0) is 29.5 Å². The molecule has 0 fully saturated rings. The van der Waals surface area contributed by atoms with Crippen molar-refractivity contribution in [3.63, 3.8) is 0 Å². The lowest BCUT2D eigenvalue weighted by Crippen LogP contribution is -2.30. The number of carboxylic acids is 1. The van der Waals surface area contributed by atoms with Crippen molar-refractivity contribution in [2.75, 3.05) is 11.3 Å². The number of nitrogens with zero attached hydrogens (tertiary/aromatic N) is 1. The Hall–Kier alpha value is -2.87. The number of carboxylic acid groups (broad SMARTS) is 1. The first-order valence-electron chi connectivity index (χ1n) is 9.75. The zero-order valence-electron chi connectivity index (χ0n) is 16.6. The zero-order valence-corrected chi connectivity index (χ0v) is 18.2. The summed E-state index contributed by atoms with van der Waals surface area (Å²) in [4.78, 5) is 13.4. The highest BCUT2D eigenvalue weighted by Gasteiger charge is 2.21. The Morgan fingerprint density at radius 3 is 2.52 bits per heavy atom. The Balaban J connectivity index is 1.50. The fraction of sp³-hybridized carbons (Fsp3) is 0.174. The third-order valence-corrected chi connectivity index (χ3v) is 6.88. The molecule has 1 aliphatic rings. The van der Waals surface area contributed by atoms with Crippen LogP contribution >= 0.6 is 11.6 Å². The van der Waals surface area contributed by atoms with Crippen LogP contribution in [0, 0.1) is 0 Å². The molecule has 0 unspecified atom stereocenters. The summed E-state index contributed by atoms with van der Waals surface area (Å²) in [6.45, 7) is 2.13. The molecular formula is C23H21ClN2O4S. The van der Waals surface area contributed by atoms with E-state index in [0.29, 0.717) is 23.8 Å². The Morgan fingerprint density at radius 2 is 1.81 bits per heavy atom. The van der Waals surface area contributed by atoms with Gasteiger partial charge in [-0.2, -0.15) is 0 Å². The van der Waals surface area contributed by atoms with E-state index >= 15 is 0 Å². The molecule has 1 aliphatic heterocycles. The minimum absolute atomic E-state index is 0.207. The van der Waals surface area contributed by atoms with Gasteiger partial charge >= 0.3 is 5.97 Å². The summed E-state index contributed by atoms with van der Waals surface area (Å²) in [5, 5.41) is 9.49. The molecular weight excluding hydrogens is 436 g/mol. The fourth-order valence-electron chi connectivity index (χ4n) is 3.67. The SMILES string of the molecule is O=C(O)c1ccc(CN2CCc3ccc(S(=O)(=O)Nc4cccc(Cl)c4)cc3C2)cc1. The highest BCUT2D eigenvalue weighted by molar-refractivity contribution is 7.92. The van der Waals surface area contributed by atoms with Gasteiger partial charge in [-0.25, -0.2) is 13.2 Å². The maximum Gasteiger partial charge on any atom is 0.335 e. The van der Waals surface area contributed by atoms with Gasteiger partial charge in [0.05, 0.1) is 16.1 Å². The van der Waals surface area contributed by atoms with Crippen LogP contribution in [0.1, 0.15) is 27.0 Å². The molecule has 4 rings (SSSR count). The third-order valence-electron chi connectivity index (χ3n) is 5.26. The molecule has 2 N–H and O–H groups in total. The molecule has 3 aromatic carbocycles. The average molecular weight is 457 g/mol. The van der Waals surface area contributed by atoms with E-state index < -0.39 is 16.0 Å². The number of sulfonamides is 1. The molecule has 0 atom stereocenters. The van der Waals surface area contributed by atoms with E-state index in [0.717, 1.165) is 29.7 Å². The second-order valence-corrected chi connectivity index (χ2v) is 9.63. The van der Waals surface area contributed by atoms with Gasteiger partial charge in [-0.15, -0.1) is 0 Å². The smallest absolute Gasteiger partial charge is 0.335 e. The number of anilines is 1. The lowest BCUT2D eigenvalue weighted by molar-refractivity contribution is 0.0697. The van der Waals surface area contributed by atoms with Crippen molar-refractivity contribution >= 4 is 33.3 Å². The van der Waals surface area contributed by atoms with E-state index in [1.54, 1.807) is 48.5 Å². The van der Waals surface area contributed by atoms with Crippen molar-refractivity contribution in [2.24, 2.45) is 0 Å². The van der Waals surface area contributed by atoms with Gasteiger partial charge in [0.25, 0.3) is 10.0 Å². The summed E-state index contributed by atoms with van der Waals surface area (Å²) in [6.07, 6.45) is 0.824. The second-order valence-electron chi connectivity index (χ2n) is 7.51. The largest absolute Gasteiger partial charge is 0.478 e. The van der Waals surface area contributed by atoms with Crippen molar-refractivity contribution in [1.29, 1.82) is 0 Å². The molecule has 0 saturated heterocycles. The lowest BCUT2D eigenvalue weighted by atomic mass is 9.99. The monoisotopic (exact) mass is 456 g/mol. The van der Waals surface area contributed by atoms with Gasteiger partial charge in [-0.05, 0) is 65.6 Å². The van der Waals surface area contributed by atoms with Crippen LogP contribution in [0.2, 0.25) is 5.02 Å². The Labute approximate surface area is 186 Å². The van der Waals surface area contributed by atoms with Crippen LogP contribution < -0.4 is 4.72 Å². The predicted molar refractivity (Wildman–Crippen MR) is 120 cm³/mol. The molecule has 1 heterocycles. The number of fused-ring (bicyclic) bond motifs is 1. The van der Waals surface area contributed by atoms with Crippen LogP contribution in [-0.4, -0.2) is 30.9 Å². The first-order chi connectivity index (χ1) is 14.8. The van der Waals surface area contributed by atoms with Crippen LogP contribution in [0.5, 0.6) is 0 Å². The molecule has 0 amide bonds. The molecule has 0 radical (unpaired) electrons. The lowest BCUT2D eigenvalue weighted by Gasteiger charge is -2.29. The van der Waals surface area contributed by atoms with E-state index in [2.05, 4.69) is 9.62 Å². The summed E-state index contributed by atoms with van der Waals surface area (Å²) in [7, 11) is -3.74. The summed E-state index contributed by atoms with van der Waals surface area (Å²) in [5.41, 5.74) is 3.80. The van der Waals surface area contributed by atoms with Gasteiger partial charge in [-0.3, -0.25) is 9.62 Å². The quantitative estimate of drug-likeness (QED) is 0.574. The summed E-state index contributed by atoms with van der Waals surface area (Å²) < 4.78 is 28.3. The number of aromatic carboxylic acids is 1. The molecule has 3 aromatic rings. The predicted octanol–water partition coefficient (Wildman–Crippen LogP) is 4.40.